The normalized spacial score (nSPS) is 17.1. The number of anilines is 1. The maximum Gasteiger partial charge on any atom is 0.573 e. The summed E-state index contributed by atoms with van der Waals surface area (Å²) >= 11 is 0. The van der Waals surface area contributed by atoms with Crippen LogP contribution in [0.5, 0.6) is 5.75 Å². The van der Waals surface area contributed by atoms with Crippen LogP contribution in [0.25, 0.3) is 0 Å². The lowest BCUT2D eigenvalue weighted by Crippen LogP contribution is -2.45. The first kappa shape index (κ1) is 32.1. The number of ether oxygens (including phenoxy) is 1. The molecule has 1 atom stereocenters. The Kier molecular flexibility index (Phi) is 9.84. The van der Waals surface area contributed by atoms with E-state index >= 15 is 0 Å². The van der Waals surface area contributed by atoms with Gasteiger partial charge in [0.25, 0.3) is 5.91 Å². The Morgan fingerprint density at radius 1 is 1.10 bits per heavy atom. The highest BCUT2D eigenvalue weighted by molar-refractivity contribution is 7.91. The Labute approximate surface area is 223 Å². The van der Waals surface area contributed by atoms with Crippen LogP contribution in [0.1, 0.15) is 28.8 Å². The minimum absolute atomic E-state index is 0. The van der Waals surface area contributed by atoms with Crippen LogP contribution in [0, 0.1) is 5.82 Å². The smallest absolute Gasteiger partial charge is 0.406 e. The second-order valence-corrected chi connectivity index (χ2v) is 10.3. The highest BCUT2D eigenvalue weighted by Gasteiger charge is 2.38. The van der Waals surface area contributed by atoms with Gasteiger partial charge in [-0.1, -0.05) is 12.1 Å². The van der Waals surface area contributed by atoms with E-state index in [0.29, 0.717) is 6.07 Å². The molecule has 1 aliphatic rings. The van der Waals surface area contributed by atoms with E-state index in [2.05, 4.69) is 10.1 Å². The number of carbonyl (C=O) groups excluding carboxylic acids is 2. The van der Waals surface area contributed by atoms with Crippen molar-refractivity contribution >= 4 is 39.7 Å². The number of hydrogen-bond acceptors (Lipinski definition) is 6. The number of carbonyl (C=O) groups is 2. The lowest BCUT2D eigenvalue weighted by atomic mass is 10.1. The molecule has 39 heavy (non-hydrogen) atoms. The minimum Gasteiger partial charge on any atom is -0.406 e. The van der Waals surface area contributed by atoms with Gasteiger partial charge in [0.2, 0.25) is 5.91 Å². The number of sulfone groups is 1. The fourth-order valence-electron chi connectivity index (χ4n) is 3.62. The van der Waals surface area contributed by atoms with Crippen molar-refractivity contribution < 1.29 is 53.5 Å². The number of nitrogens with two attached hydrogens (primary N) is 1. The lowest BCUT2D eigenvalue weighted by Gasteiger charge is -2.25. The molecule has 1 aliphatic heterocycles. The number of alkyl halides is 6. The quantitative estimate of drug-likeness (QED) is 0.365. The summed E-state index contributed by atoms with van der Waals surface area (Å²) in [5.74, 6) is -4.85. The Hall–Kier alpha value is -3.11. The van der Waals surface area contributed by atoms with Gasteiger partial charge < -0.3 is 20.7 Å². The third-order valence-electron chi connectivity index (χ3n) is 5.32. The number of rotatable bonds is 7. The fourth-order valence-corrected chi connectivity index (χ4v) is 5.19. The first-order valence-electron chi connectivity index (χ1n) is 10.8. The summed E-state index contributed by atoms with van der Waals surface area (Å²) in [5, 5.41) is 2.10. The van der Waals surface area contributed by atoms with Crippen molar-refractivity contribution in [2.24, 2.45) is 5.73 Å². The Bertz CT molecular complexity index is 1320. The fraction of sp³-hybridized carbons (Fsp3) is 0.364. The largest absolute Gasteiger partial charge is 0.573 e. The van der Waals surface area contributed by atoms with Crippen molar-refractivity contribution in [3.63, 3.8) is 0 Å². The van der Waals surface area contributed by atoms with Crippen molar-refractivity contribution in [2.75, 3.05) is 17.2 Å². The van der Waals surface area contributed by atoms with Gasteiger partial charge >= 0.3 is 12.5 Å². The molecule has 0 saturated heterocycles. The van der Waals surface area contributed by atoms with Crippen molar-refractivity contribution in [3.05, 3.63) is 53.3 Å². The van der Waals surface area contributed by atoms with Crippen LogP contribution in [0.4, 0.5) is 36.4 Å². The number of hydrogen-bond donors (Lipinski definition) is 2. The third kappa shape index (κ3) is 8.44. The van der Waals surface area contributed by atoms with Gasteiger partial charge in [0.05, 0.1) is 34.5 Å². The molecule has 8 nitrogen and oxygen atoms in total. The maximum absolute atomic E-state index is 14.8. The van der Waals surface area contributed by atoms with Crippen molar-refractivity contribution in [1.82, 2.24) is 5.32 Å². The number of fused-ring (bicyclic) bond motifs is 1. The first-order valence-corrected chi connectivity index (χ1v) is 12.4. The van der Waals surface area contributed by atoms with Gasteiger partial charge in [0.1, 0.15) is 11.6 Å². The molecule has 0 bridgehead atoms. The van der Waals surface area contributed by atoms with Crippen LogP contribution in [0.15, 0.2) is 41.3 Å². The Balaban J connectivity index is 0.00000533. The van der Waals surface area contributed by atoms with E-state index in [1.54, 1.807) is 0 Å². The molecular weight excluding hydrogens is 587 g/mol. The molecule has 0 aromatic heterocycles. The maximum atomic E-state index is 14.8. The van der Waals surface area contributed by atoms with E-state index in [9.17, 15) is 48.7 Å². The predicted octanol–water partition coefficient (Wildman–Crippen LogP) is 3.87. The van der Waals surface area contributed by atoms with Crippen LogP contribution in [-0.4, -0.2) is 51.1 Å². The second kappa shape index (κ2) is 12.0. The minimum atomic E-state index is -4.95. The van der Waals surface area contributed by atoms with E-state index in [0.717, 1.165) is 35.2 Å². The predicted molar refractivity (Wildman–Crippen MR) is 126 cm³/mol. The van der Waals surface area contributed by atoms with E-state index in [1.165, 1.54) is 0 Å². The highest BCUT2D eigenvalue weighted by atomic mass is 35.5. The van der Waals surface area contributed by atoms with Gasteiger partial charge in [-0.25, -0.2) is 12.8 Å². The molecule has 0 saturated carbocycles. The van der Waals surface area contributed by atoms with E-state index in [-0.39, 0.29) is 18.0 Å². The molecule has 2 aromatic rings. The summed E-state index contributed by atoms with van der Waals surface area (Å²) in [7, 11) is -4.34. The molecule has 216 valence electrons. The topological polar surface area (TPSA) is 119 Å². The molecule has 2 amide bonds. The molecular formula is C22H21ClF7N3O5S. The lowest BCUT2D eigenvalue weighted by molar-refractivity contribution is -0.274. The third-order valence-corrected chi connectivity index (χ3v) is 7.12. The van der Waals surface area contributed by atoms with Gasteiger partial charge in [0.15, 0.2) is 9.84 Å². The molecule has 17 heteroatoms. The number of halogens is 8. The summed E-state index contributed by atoms with van der Waals surface area (Å²) < 4.78 is 118. The van der Waals surface area contributed by atoms with Crippen molar-refractivity contribution in [3.8, 4) is 5.75 Å². The zero-order chi connectivity index (χ0) is 28.5. The summed E-state index contributed by atoms with van der Waals surface area (Å²) in [6.45, 7) is -0.896. The summed E-state index contributed by atoms with van der Waals surface area (Å²) in [4.78, 5) is 25.6. The number of nitrogens with one attached hydrogen (secondary N) is 1. The van der Waals surface area contributed by atoms with Crippen LogP contribution in [0.2, 0.25) is 0 Å². The molecule has 0 spiro atoms. The summed E-state index contributed by atoms with van der Waals surface area (Å²) in [6.07, 6.45) is -11.1. The number of benzene rings is 2. The molecule has 2 aromatic carbocycles. The Morgan fingerprint density at radius 2 is 1.72 bits per heavy atom. The summed E-state index contributed by atoms with van der Waals surface area (Å²) in [5.41, 5.74) is 4.77. The van der Waals surface area contributed by atoms with Crippen molar-refractivity contribution in [2.45, 2.75) is 42.9 Å². The molecule has 0 aliphatic carbocycles. The zero-order valence-electron chi connectivity index (χ0n) is 19.6. The Morgan fingerprint density at radius 3 is 2.28 bits per heavy atom. The molecule has 1 heterocycles. The molecule has 0 radical (unpaired) electrons. The van der Waals surface area contributed by atoms with Crippen LogP contribution >= 0.6 is 12.4 Å². The van der Waals surface area contributed by atoms with E-state index in [4.69, 9.17) is 5.73 Å². The zero-order valence-corrected chi connectivity index (χ0v) is 21.2. The van der Waals surface area contributed by atoms with Gasteiger partial charge in [0, 0.05) is 13.0 Å². The van der Waals surface area contributed by atoms with E-state index in [1.807, 2.05) is 0 Å². The molecule has 3 N–H and O–H groups in total. The monoisotopic (exact) mass is 607 g/mol. The molecule has 0 unspecified atom stereocenters. The first-order chi connectivity index (χ1) is 17.5. The van der Waals surface area contributed by atoms with Gasteiger partial charge in [-0.05, 0) is 36.2 Å². The van der Waals surface area contributed by atoms with Crippen LogP contribution in [0.3, 0.4) is 0 Å². The number of nitrogens with zero attached hydrogens (tertiary/aromatic N) is 1. The van der Waals surface area contributed by atoms with Gasteiger partial charge in [-0.15, -0.1) is 25.6 Å². The van der Waals surface area contributed by atoms with E-state index < -0.39 is 99.6 Å². The van der Waals surface area contributed by atoms with Crippen molar-refractivity contribution in [1.29, 1.82) is 0 Å². The average Bonchev–Trinajstić information content (AvgIpc) is 2.84. The summed E-state index contributed by atoms with van der Waals surface area (Å²) in [6, 6.07) is 3.91. The second-order valence-electron chi connectivity index (χ2n) is 8.28. The average molecular weight is 608 g/mol. The highest BCUT2D eigenvalue weighted by Crippen LogP contribution is 2.34. The molecule has 3 rings (SSSR count). The van der Waals surface area contributed by atoms with Crippen LogP contribution < -0.4 is 20.7 Å². The van der Waals surface area contributed by atoms with Gasteiger partial charge in [-0.3, -0.25) is 9.59 Å². The molecule has 0 fully saturated rings. The standard InChI is InChI=1S/C22H20F7N3O5S.ClH/c23-15-9-18-17(8-14(15)19(33)31-7-1-6-21(24,25)26)32(20(34)16(30)11-38(18,35)36)10-12-2-4-13(5-3-12)37-22(27,28)29;/h2-5,8-9,16H,1,6-7,10-11,30H2,(H,31,33);1H/t16-;/m0./s1. The SMILES string of the molecule is Cl.N[C@H]1CS(=O)(=O)c2cc(F)c(C(=O)NCCCC(F)(F)F)cc2N(Cc2ccc(OC(F)(F)F)cc2)C1=O. The van der Waals surface area contributed by atoms with Crippen LogP contribution in [-0.2, 0) is 21.2 Å². The van der Waals surface area contributed by atoms with Gasteiger partial charge in [-0.2, -0.15) is 13.2 Å². The number of amides is 2.